The summed E-state index contributed by atoms with van der Waals surface area (Å²) in [5.74, 6) is -0.362. The summed E-state index contributed by atoms with van der Waals surface area (Å²) in [6, 6.07) is 4.99. The Morgan fingerprint density at radius 3 is 2.64 bits per heavy atom. The van der Waals surface area contributed by atoms with Crippen LogP contribution in [0.2, 0.25) is 10.0 Å². The standard InChI is InChI=1S/C15H9Cl2N3O2/c16-11-5-18-6-12(17)14(11)20-15(22)8-1-2-10-9(7-21)4-19-13(10)3-8/h1-7,19H,(H,18,20,22). The van der Waals surface area contributed by atoms with Gasteiger partial charge in [0, 0.05) is 40.6 Å². The first-order valence-corrected chi connectivity index (χ1v) is 7.02. The van der Waals surface area contributed by atoms with Crippen molar-refractivity contribution in [1.82, 2.24) is 9.97 Å². The number of carbonyl (C=O) groups excluding carboxylic acids is 2. The largest absolute Gasteiger partial charge is 0.360 e. The lowest BCUT2D eigenvalue weighted by atomic mass is 10.1. The topological polar surface area (TPSA) is 74.8 Å². The number of amides is 1. The van der Waals surface area contributed by atoms with Crippen LogP contribution in [-0.4, -0.2) is 22.2 Å². The van der Waals surface area contributed by atoms with Crippen LogP contribution in [0.15, 0.2) is 36.8 Å². The molecule has 1 aromatic carbocycles. The summed E-state index contributed by atoms with van der Waals surface area (Å²) in [5.41, 5.74) is 1.96. The molecule has 0 aliphatic heterocycles. The lowest BCUT2D eigenvalue weighted by Crippen LogP contribution is -2.12. The normalized spacial score (nSPS) is 10.6. The molecule has 0 aliphatic carbocycles. The molecule has 22 heavy (non-hydrogen) atoms. The first-order chi connectivity index (χ1) is 10.6. The van der Waals surface area contributed by atoms with Crippen LogP contribution in [0.25, 0.3) is 10.9 Å². The molecule has 0 aliphatic rings. The Kier molecular flexibility index (Phi) is 3.83. The van der Waals surface area contributed by atoms with Crippen LogP contribution in [0.1, 0.15) is 20.7 Å². The average Bonchev–Trinajstić information content (AvgIpc) is 2.93. The molecule has 0 radical (unpaired) electrons. The summed E-state index contributed by atoms with van der Waals surface area (Å²) < 4.78 is 0. The maximum Gasteiger partial charge on any atom is 0.255 e. The van der Waals surface area contributed by atoms with Crippen LogP contribution in [-0.2, 0) is 0 Å². The van der Waals surface area contributed by atoms with Crippen molar-refractivity contribution in [1.29, 1.82) is 0 Å². The lowest BCUT2D eigenvalue weighted by molar-refractivity contribution is 0.102. The van der Waals surface area contributed by atoms with E-state index in [0.717, 1.165) is 11.7 Å². The van der Waals surface area contributed by atoms with E-state index in [-0.39, 0.29) is 16.0 Å². The molecule has 0 saturated heterocycles. The van der Waals surface area contributed by atoms with Gasteiger partial charge in [-0.05, 0) is 12.1 Å². The number of hydrogen-bond donors (Lipinski definition) is 2. The molecule has 0 spiro atoms. The molecule has 0 bridgehead atoms. The Morgan fingerprint density at radius 2 is 1.95 bits per heavy atom. The second kappa shape index (κ2) is 5.79. The number of pyridine rings is 1. The van der Waals surface area contributed by atoms with Gasteiger partial charge in [-0.25, -0.2) is 0 Å². The number of benzene rings is 1. The molecule has 3 aromatic rings. The van der Waals surface area contributed by atoms with Crippen molar-refractivity contribution in [3.8, 4) is 0 Å². The van der Waals surface area contributed by atoms with Crippen LogP contribution in [0.4, 0.5) is 5.69 Å². The molecule has 7 heteroatoms. The van der Waals surface area contributed by atoms with E-state index in [1.807, 2.05) is 0 Å². The molecule has 0 atom stereocenters. The zero-order valence-corrected chi connectivity index (χ0v) is 12.6. The SMILES string of the molecule is O=Cc1c[nH]c2cc(C(=O)Nc3c(Cl)cncc3Cl)ccc12. The number of H-pyrrole nitrogens is 1. The Labute approximate surface area is 135 Å². The highest BCUT2D eigenvalue weighted by atomic mass is 35.5. The predicted molar refractivity (Wildman–Crippen MR) is 85.9 cm³/mol. The number of carbonyl (C=O) groups is 2. The fourth-order valence-corrected chi connectivity index (χ4v) is 2.56. The van der Waals surface area contributed by atoms with Crippen LogP contribution in [0, 0.1) is 0 Å². The summed E-state index contributed by atoms with van der Waals surface area (Å²) in [7, 11) is 0. The molecule has 2 heterocycles. The number of halogens is 2. The van der Waals surface area contributed by atoms with Gasteiger partial charge in [-0.3, -0.25) is 14.6 Å². The van der Waals surface area contributed by atoms with Gasteiger partial charge in [0.05, 0.1) is 15.7 Å². The third kappa shape index (κ3) is 2.56. The van der Waals surface area contributed by atoms with Gasteiger partial charge in [-0.15, -0.1) is 0 Å². The second-order valence-electron chi connectivity index (χ2n) is 4.55. The number of aldehydes is 1. The molecule has 0 fully saturated rings. The van der Waals surface area contributed by atoms with E-state index in [1.165, 1.54) is 12.4 Å². The minimum absolute atomic E-state index is 0.255. The highest BCUT2D eigenvalue weighted by Crippen LogP contribution is 2.29. The van der Waals surface area contributed by atoms with Crippen molar-refractivity contribution in [3.05, 3.63) is 58.0 Å². The molecule has 0 unspecified atom stereocenters. The Hall–Kier alpha value is -2.37. The summed E-state index contributed by atoms with van der Waals surface area (Å²) >= 11 is 11.9. The zero-order chi connectivity index (χ0) is 15.7. The minimum Gasteiger partial charge on any atom is -0.360 e. The molecule has 110 valence electrons. The molecular formula is C15H9Cl2N3O2. The third-order valence-corrected chi connectivity index (χ3v) is 3.77. The number of anilines is 1. The second-order valence-corrected chi connectivity index (χ2v) is 5.37. The van der Waals surface area contributed by atoms with Gasteiger partial charge in [0.15, 0.2) is 6.29 Å². The van der Waals surface area contributed by atoms with Gasteiger partial charge >= 0.3 is 0 Å². The van der Waals surface area contributed by atoms with Crippen LogP contribution >= 0.6 is 23.2 Å². The minimum atomic E-state index is -0.362. The molecule has 1 amide bonds. The highest BCUT2D eigenvalue weighted by molar-refractivity contribution is 6.39. The molecule has 2 N–H and O–H groups in total. The van der Waals surface area contributed by atoms with Crippen molar-refractivity contribution in [2.75, 3.05) is 5.32 Å². The third-order valence-electron chi connectivity index (χ3n) is 3.19. The Morgan fingerprint density at radius 1 is 1.23 bits per heavy atom. The number of fused-ring (bicyclic) bond motifs is 1. The van der Waals surface area contributed by atoms with Crippen molar-refractivity contribution in [3.63, 3.8) is 0 Å². The van der Waals surface area contributed by atoms with E-state index < -0.39 is 0 Å². The number of nitrogens with zero attached hydrogens (tertiary/aromatic N) is 1. The fourth-order valence-electron chi connectivity index (χ4n) is 2.10. The lowest BCUT2D eigenvalue weighted by Gasteiger charge is -2.08. The Balaban J connectivity index is 1.94. The van der Waals surface area contributed by atoms with Crippen LogP contribution < -0.4 is 5.32 Å². The van der Waals surface area contributed by atoms with Gasteiger partial charge in [-0.1, -0.05) is 29.3 Å². The van der Waals surface area contributed by atoms with Crippen molar-refractivity contribution in [2.24, 2.45) is 0 Å². The first-order valence-electron chi connectivity index (χ1n) is 6.27. The number of rotatable bonds is 3. The van der Waals surface area contributed by atoms with E-state index in [9.17, 15) is 9.59 Å². The maximum atomic E-state index is 12.3. The van der Waals surface area contributed by atoms with Gasteiger partial charge < -0.3 is 10.3 Å². The van der Waals surface area contributed by atoms with Crippen molar-refractivity contribution in [2.45, 2.75) is 0 Å². The van der Waals surface area contributed by atoms with E-state index in [2.05, 4.69) is 15.3 Å². The van der Waals surface area contributed by atoms with Crippen LogP contribution in [0.5, 0.6) is 0 Å². The number of aromatic nitrogens is 2. The zero-order valence-electron chi connectivity index (χ0n) is 11.1. The van der Waals surface area contributed by atoms with E-state index >= 15 is 0 Å². The average molecular weight is 334 g/mol. The molecule has 3 rings (SSSR count). The van der Waals surface area contributed by atoms with Crippen LogP contribution in [0.3, 0.4) is 0 Å². The maximum absolute atomic E-state index is 12.3. The van der Waals surface area contributed by atoms with Gasteiger partial charge in [0.2, 0.25) is 0 Å². The summed E-state index contributed by atoms with van der Waals surface area (Å²) in [6.07, 6.45) is 5.15. The Bertz CT molecular complexity index is 869. The first kappa shape index (κ1) is 14.6. The van der Waals surface area contributed by atoms with Gasteiger partial charge in [0.25, 0.3) is 5.91 Å². The molecule has 5 nitrogen and oxygen atoms in total. The van der Waals surface area contributed by atoms with E-state index in [1.54, 1.807) is 24.4 Å². The number of aromatic amines is 1. The van der Waals surface area contributed by atoms with E-state index in [0.29, 0.717) is 22.3 Å². The summed E-state index contributed by atoms with van der Waals surface area (Å²) in [5, 5.41) is 3.92. The number of hydrogen-bond acceptors (Lipinski definition) is 3. The quantitative estimate of drug-likeness (QED) is 0.713. The van der Waals surface area contributed by atoms with Crippen molar-refractivity contribution >= 4 is 52.0 Å². The summed E-state index contributed by atoms with van der Waals surface area (Å²) in [6.45, 7) is 0. The fraction of sp³-hybridized carbons (Fsp3) is 0. The van der Waals surface area contributed by atoms with Gasteiger partial charge in [0.1, 0.15) is 0 Å². The van der Waals surface area contributed by atoms with Gasteiger partial charge in [-0.2, -0.15) is 0 Å². The van der Waals surface area contributed by atoms with Crippen molar-refractivity contribution < 1.29 is 9.59 Å². The smallest absolute Gasteiger partial charge is 0.255 e. The number of nitrogens with one attached hydrogen (secondary N) is 2. The molecule has 2 aromatic heterocycles. The molecule has 0 saturated carbocycles. The highest BCUT2D eigenvalue weighted by Gasteiger charge is 2.13. The molecular weight excluding hydrogens is 325 g/mol. The monoisotopic (exact) mass is 333 g/mol. The van der Waals surface area contributed by atoms with E-state index in [4.69, 9.17) is 23.2 Å². The summed E-state index contributed by atoms with van der Waals surface area (Å²) in [4.78, 5) is 30.0. The predicted octanol–water partition coefficient (Wildman–Crippen LogP) is 3.93.